The quantitative estimate of drug-likeness (QED) is 0.228. The van der Waals surface area contributed by atoms with Gasteiger partial charge in [0.15, 0.2) is 0 Å². The molecule has 0 bridgehead atoms. The minimum Gasteiger partial charge on any atom is -0.507 e. The summed E-state index contributed by atoms with van der Waals surface area (Å²) in [4.78, 5) is 17.3. The Hall–Kier alpha value is -0.640. The molecule has 2 aromatic rings. The van der Waals surface area contributed by atoms with Crippen LogP contribution in [0, 0.1) is 0 Å². The minimum absolute atomic E-state index is 0.0120. The van der Waals surface area contributed by atoms with E-state index in [1.807, 2.05) is 4.90 Å². The number of fused-ring (bicyclic) bond motifs is 1. The predicted molar refractivity (Wildman–Crippen MR) is 151 cm³/mol. The second-order valence-electron chi connectivity index (χ2n) is 8.78. The molecule has 0 radical (unpaired) electrons. The van der Waals surface area contributed by atoms with Crippen LogP contribution in [0.25, 0.3) is 0 Å². The van der Waals surface area contributed by atoms with E-state index >= 15 is 0 Å². The van der Waals surface area contributed by atoms with Crippen molar-refractivity contribution in [1.82, 2.24) is 9.80 Å². The molecule has 4 N–H and O–H groups in total. The van der Waals surface area contributed by atoms with Crippen molar-refractivity contribution in [3.8, 4) is 5.75 Å². The van der Waals surface area contributed by atoms with Crippen LogP contribution in [0.4, 0.5) is 5.69 Å². The highest BCUT2D eigenvalue weighted by atomic mass is 127. The standard InChI is InChI=1S/C22H27BrClIN4O4S2/c23-21-4-3-19(34-21)17(28-5-7-29(8-6-28)22(31)12-24)2-1-15-14(25)9-13-10-18(30)20(35(26,32)33)11-16(13)27-15/h3-4,10-11,14-15,17,27,30H,1-2,5-9,12H2,(H2,26,32,33). The topological polar surface area (TPSA) is 116 Å². The first-order chi connectivity index (χ1) is 16.6. The predicted octanol–water partition coefficient (Wildman–Crippen LogP) is 3.91. The van der Waals surface area contributed by atoms with Crippen molar-refractivity contribution in [2.75, 3.05) is 37.4 Å². The van der Waals surface area contributed by atoms with Crippen LogP contribution in [-0.2, 0) is 21.2 Å². The third kappa shape index (κ3) is 6.44. The zero-order chi connectivity index (χ0) is 25.3. The van der Waals surface area contributed by atoms with Crippen LogP contribution in [0.3, 0.4) is 0 Å². The Labute approximate surface area is 236 Å². The molecule has 13 heteroatoms. The molecule has 35 heavy (non-hydrogen) atoms. The average molecular weight is 718 g/mol. The Bertz CT molecular complexity index is 1190. The molecule has 2 aliphatic rings. The highest BCUT2D eigenvalue weighted by molar-refractivity contribution is 14.1. The van der Waals surface area contributed by atoms with Crippen molar-refractivity contribution in [2.45, 2.75) is 40.2 Å². The fraction of sp³-hybridized carbons (Fsp3) is 0.500. The van der Waals surface area contributed by atoms with Crippen LogP contribution >= 0.6 is 61.5 Å². The van der Waals surface area contributed by atoms with Crippen LogP contribution in [0.15, 0.2) is 32.9 Å². The number of carbonyl (C=O) groups is 1. The lowest BCUT2D eigenvalue weighted by atomic mass is 9.93. The number of rotatable bonds is 7. The van der Waals surface area contributed by atoms with Crippen molar-refractivity contribution in [1.29, 1.82) is 0 Å². The van der Waals surface area contributed by atoms with E-state index in [0.29, 0.717) is 18.8 Å². The van der Waals surface area contributed by atoms with Gasteiger partial charge in [0.1, 0.15) is 16.5 Å². The molecular formula is C22H27BrClIN4O4S2. The fourth-order valence-corrected chi connectivity index (χ4v) is 8.16. The monoisotopic (exact) mass is 716 g/mol. The van der Waals surface area contributed by atoms with Gasteiger partial charge in [-0.15, -0.1) is 22.9 Å². The zero-order valence-corrected chi connectivity index (χ0v) is 24.9. The zero-order valence-electron chi connectivity index (χ0n) is 18.8. The maximum atomic E-state index is 12.0. The normalized spacial score (nSPS) is 21.9. The van der Waals surface area contributed by atoms with Crippen molar-refractivity contribution in [3.05, 3.63) is 38.5 Å². The highest BCUT2D eigenvalue weighted by Gasteiger charge is 2.32. The number of halogens is 3. The van der Waals surface area contributed by atoms with Gasteiger partial charge in [0, 0.05) is 52.8 Å². The van der Waals surface area contributed by atoms with Crippen molar-refractivity contribution in [2.24, 2.45) is 5.14 Å². The number of sulfonamides is 1. The number of primary sulfonamides is 1. The van der Waals surface area contributed by atoms with Gasteiger partial charge in [0.2, 0.25) is 15.9 Å². The lowest BCUT2D eigenvalue weighted by Crippen LogP contribution is -2.50. The van der Waals surface area contributed by atoms with E-state index in [9.17, 15) is 18.3 Å². The summed E-state index contributed by atoms with van der Waals surface area (Å²) >= 11 is 13.5. The van der Waals surface area contributed by atoms with Crippen molar-refractivity contribution < 1.29 is 18.3 Å². The van der Waals surface area contributed by atoms with Crippen molar-refractivity contribution in [3.63, 3.8) is 0 Å². The number of alkyl halides is 2. The summed E-state index contributed by atoms with van der Waals surface area (Å²) in [5, 5.41) is 18.9. The molecule has 3 heterocycles. The number of phenols is 1. The third-order valence-corrected chi connectivity index (χ3v) is 10.8. The first kappa shape index (κ1) is 27.4. The van der Waals surface area contributed by atoms with E-state index in [1.54, 1.807) is 11.3 Å². The molecule has 2 aliphatic heterocycles. The van der Waals surface area contributed by atoms with Gasteiger partial charge >= 0.3 is 0 Å². The molecule has 0 aliphatic carbocycles. The summed E-state index contributed by atoms with van der Waals surface area (Å²) in [6, 6.07) is 7.51. The number of nitrogens with two attached hydrogens (primary N) is 1. The van der Waals surface area contributed by atoms with Crippen LogP contribution in [0.2, 0.25) is 0 Å². The number of hydrogen-bond acceptors (Lipinski definition) is 7. The molecule has 1 amide bonds. The third-order valence-electron chi connectivity index (χ3n) is 6.58. The van der Waals surface area contributed by atoms with E-state index in [1.165, 1.54) is 17.0 Å². The second kappa shape index (κ2) is 11.4. The lowest BCUT2D eigenvalue weighted by molar-refractivity contribution is -0.130. The van der Waals surface area contributed by atoms with E-state index < -0.39 is 10.0 Å². The van der Waals surface area contributed by atoms with Crippen LogP contribution in [0.5, 0.6) is 5.75 Å². The number of hydrogen-bond donors (Lipinski definition) is 3. The van der Waals surface area contributed by atoms with Crippen molar-refractivity contribution >= 4 is 83.1 Å². The number of phenolic OH excluding ortho intramolecular Hbond substituents is 1. The van der Waals surface area contributed by atoms with Gasteiger partial charge in [0.25, 0.3) is 0 Å². The summed E-state index contributed by atoms with van der Waals surface area (Å²) in [6.45, 7) is 2.90. The lowest BCUT2D eigenvalue weighted by Gasteiger charge is -2.40. The molecule has 1 aromatic heterocycles. The molecular weight excluding hydrogens is 691 g/mol. The van der Waals surface area contributed by atoms with Gasteiger partial charge in [-0.25, -0.2) is 13.6 Å². The largest absolute Gasteiger partial charge is 0.507 e. The van der Waals surface area contributed by atoms with Crippen LogP contribution in [0.1, 0.15) is 29.3 Å². The molecule has 0 saturated carbocycles. The SMILES string of the molecule is NS(=O)(=O)c1cc2c(cc1O)CC(I)C(CCC(c1ccc(Br)s1)N1CCN(C(=O)CCl)CC1)N2. The summed E-state index contributed by atoms with van der Waals surface area (Å²) in [5.74, 6) is -0.326. The molecule has 0 spiro atoms. The molecule has 4 rings (SSSR count). The Morgan fingerprint density at radius 1 is 1.31 bits per heavy atom. The fourth-order valence-electron chi connectivity index (χ4n) is 4.76. The number of thiophene rings is 1. The number of anilines is 1. The number of nitrogens with zero attached hydrogens (tertiary/aromatic N) is 2. The van der Waals surface area contributed by atoms with Gasteiger partial charge < -0.3 is 15.3 Å². The van der Waals surface area contributed by atoms with Gasteiger partial charge in [-0.2, -0.15) is 0 Å². The molecule has 3 atom stereocenters. The first-order valence-electron chi connectivity index (χ1n) is 11.2. The summed E-state index contributed by atoms with van der Waals surface area (Å²) in [6.07, 6.45) is 2.50. The van der Waals surface area contributed by atoms with Gasteiger partial charge in [-0.1, -0.05) is 22.6 Å². The first-order valence-corrected chi connectivity index (χ1v) is 16.1. The average Bonchev–Trinajstić information content (AvgIpc) is 3.24. The number of nitrogens with one attached hydrogen (secondary N) is 1. The Morgan fingerprint density at radius 2 is 2.03 bits per heavy atom. The van der Waals surface area contributed by atoms with Gasteiger partial charge in [-0.05, 0) is 65.0 Å². The molecule has 8 nitrogen and oxygen atoms in total. The Kier molecular flexibility index (Phi) is 8.92. The summed E-state index contributed by atoms with van der Waals surface area (Å²) < 4.78 is 25.1. The number of benzene rings is 1. The van der Waals surface area contributed by atoms with E-state index in [4.69, 9.17) is 16.7 Å². The number of amides is 1. The summed E-state index contributed by atoms with van der Waals surface area (Å²) in [7, 11) is -4.02. The summed E-state index contributed by atoms with van der Waals surface area (Å²) in [5.41, 5.74) is 1.58. The second-order valence-corrected chi connectivity index (χ2v) is 14.7. The maximum absolute atomic E-state index is 12.0. The number of piperazine rings is 1. The molecule has 1 saturated heterocycles. The van der Waals surface area contributed by atoms with Crippen LogP contribution < -0.4 is 10.5 Å². The molecule has 3 unspecified atom stereocenters. The molecule has 1 aromatic carbocycles. The molecule has 1 fully saturated rings. The van der Waals surface area contributed by atoms with Gasteiger partial charge in [0.05, 0.1) is 3.79 Å². The van der Waals surface area contributed by atoms with E-state index in [0.717, 1.165) is 41.7 Å². The van der Waals surface area contributed by atoms with Gasteiger partial charge in [-0.3, -0.25) is 9.69 Å². The number of carbonyl (C=O) groups excluding carboxylic acids is 1. The van der Waals surface area contributed by atoms with E-state index in [2.05, 4.69) is 60.9 Å². The Morgan fingerprint density at radius 3 is 2.63 bits per heavy atom. The smallest absolute Gasteiger partial charge is 0.241 e. The maximum Gasteiger partial charge on any atom is 0.241 e. The van der Waals surface area contributed by atoms with E-state index in [-0.39, 0.29) is 38.4 Å². The van der Waals surface area contributed by atoms with Crippen LogP contribution in [-0.4, -0.2) is 71.3 Å². The number of aromatic hydroxyl groups is 1. The molecule has 192 valence electrons. The Balaban J connectivity index is 1.49. The highest BCUT2D eigenvalue weighted by Crippen LogP contribution is 2.39. The minimum atomic E-state index is -4.02.